The highest BCUT2D eigenvalue weighted by Crippen LogP contribution is 2.26. The lowest BCUT2D eigenvalue weighted by atomic mass is 10.2. The van der Waals surface area contributed by atoms with E-state index in [2.05, 4.69) is 31.1 Å². The van der Waals surface area contributed by atoms with E-state index in [-0.39, 0.29) is 17.2 Å². The van der Waals surface area contributed by atoms with E-state index < -0.39 is 37.2 Å². The second kappa shape index (κ2) is 15.9. The number of azo groups is 1. The van der Waals surface area contributed by atoms with Gasteiger partial charge in [0.2, 0.25) is 0 Å². The molecule has 0 saturated heterocycles. The molecule has 250 valence electrons. The van der Waals surface area contributed by atoms with Gasteiger partial charge < -0.3 is 14.4 Å². The van der Waals surface area contributed by atoms with Crippen molar-refractivity contribution in [2.45, 2.75) is 19.5 Å². The maximum atomic E-state index is 13.4. The van der Waals surface area contributed by atoms with Gasteiger partial charge in [-0.1, -0.05) is 41.2 Å². The fourth-order valence-electron chi connectivity index (χ4n) is 4.84. The molecule has 0 atom stereocenters. The zero-order chi connectivity index (χ0) is 34.8. The molecule has 4 aromatic rings. The number of hydrogen-bond acceptors (Lipinski definition) is 7. The molecule has 8 nitrogen and oxygen atoms in total. The molecule has 0 aliphatic rings. The Morgan fingerprint density at radius 3 is 1.50 bits per heavy atom. The number of nitro benzene ring substituents is 1. The molecule has 0 bridgehead atoms. The van der Waals surface area contributed by atoms with E-state index in [0.29, 0.717) is 30.5 Å². The van der Waals surface area contributed by atoms with Gasteiger partial charge in [0.1, 0.15) is 19.6 Å². The molecule has 0 saturated carbocycles. The summed E-state index contributed by atoms with van der Waals surface area (Å²) in [5, 5.41) is 20.9. The molecule has 0 N–H and O–H groups in total. The molecule has 0 fully saturated rings. The fraction of sp³-hybridized carbons (Fsp3) is 0.152. The third-order valence-electron chi connectivity index (χ3n) is 7.51. The molecule has 4 aromatic carbocycles. The van der Waals surface area contributed by atoms with Gasteiger partial charge in [-0.05, 0) is 73.6 Å². The Morgan fingerprint density at radius 1 is 0.708 bits per heavy atom. The van der Waals surface area contributed by atoms with Crippen molar-refractivity contribution in [3.63, 3.8) is 0 Å². The van der Waals surface area contributed by atoms with Crippen LogP contribution in [0.4, 0.5) is 49.1 Å². The van der Waals surface area contributed by atoms with Gasteiger partial charge in [0.05, 0.1) is 16.3 Å². The zero-order valence-electron chi connectivity index (χ0n) is 25.5. The van der Waals surface area contributed by atoms with Crippen LogP contribution < -0.4 is 24.7 Å². The molecule has 0 unspecified atom stereocenters. The molecule has 0 aromatic heterocycles. The first-order valence-electron chi connectivity index (χ1n) is 14.4. The Kier molecular flexibility index (Phi) is 11.7. The number of ether oxygens (including phenoxy) is 2. The second-order valence-electron chi connectivity index (χ2n) is 10.5. The van der Waals surface area contributed by atoms with Gasteiger partial charge in [-0.25, -0.2) is 0 Å². The first-order chi connectivity index (χ1) is 22.9. The van der Waals surface area contributed by atoms with Crippen molar-refractivity contribution >= 4 is 41.2 Å². The van der Waals surface area contributed by atoms with Crippen LogP contribution in [0.3, 0.4) is 0 Å². The highest BCUT2D eigenvalue weighted by atomic mass is 28.3. The van der Waals surface area contributed by atoms with Gasteiger partial charge in [-0.3, -0.25) is 10.1 Å². The summed E-state index contributed by atoms with van der Waals surface area (Å²) in [6.45, 7) is 5.23. The summed E-state index contributed by atoms with van der Waals surface area (Å²) < 4.78 is 86.1. The summed E-state index contributed by atoms with van der Waals surface area (Å²) >= 11 is 0. The summed E-state index contributed by atoms with van der Waals surface area (Å²) in [6, 6.07) is 21.8. The topological polar surface area (TPSA) is 89.6 Å². The molecule has 48 heavy (non-hydrogen) atoms. The molecule has 0 aliphatic carbocycles. The minimum absolute atomic E-state index is 0.0506. The average Bonchev–Trinajstić information content (AvgIpc) is 3.08. The largest absolute Gasteiger partial charge is 0.428 e. The Labute approximate surface area is 272 Å². The van der Waals surface area contributed by atoms with Crippen LogP contribution in [0.25, 0.3) is 0 Å². The standard InChI is InChI=1S/C33H28F6N4O4Si/c1-3-42(24-8-4-22(5-9-24)40-41-23-6-10-25(11-7-23)43(44)45)20-21-48(2,28-16-12-26(13-17-28)46-32(38)30(34)35)29-18-14-27(15-19-29)47-33(39)31(36)37/h4-19H,3,20-21H2,1-2H3. The van der Waals surface area contributed by atoms with Crippen LogP contribution in [0.15, 0.2) is 131 Å². The summed E-state index contributed by atoms with van der Waals surface area (Å²) in [7, 11) is -2.69. The first kappa shape index (κ1) is 35.4. The van der Waals surface area contributed by atoms with Crippen LogP contribution in [-0.2, 0) is 0 Å². The first-order valence-corrected chi connectivity index (χ1v) is 17.1. The van der Waals surface area contributed by atoms with Crippen molar-refractivity contribution < 1.29 is 40.7 Å². The number of nitro groups is 1. The zero-order valence-corrected chi connectivity index (χ0v) is 26.5. The van der Waals surface area contributed by atoms with Crippen molar-refractivity contribution in [3.05, 3.63) is 131 Å². The Balaban J connectivity index is 1.56. The van der Waals surface area contributed by atoms with E-state index in [1.165, 1.54) is 48.5 Å². The summed E-state index contributed by atoms with van der Waals surface area (Å²) in [6.07, 6.45) is -5.17. The Hall–Kier alpha value is -5.44. The molecule has 0 radical (unpaired) electrons. The smallest absolute Gasteiger partial charge is 0.344 e. The van der Waals surface area contributed by atoms with E-state index >= 15 is 0 Å². The molecule has 15 heteroatoms. The lowest BCUT2D eigenvalue weighted by molar-refractivity contribution is -0.384. The fourth-order valence-corrected chi connectivity index (χ4v) is 8.27. The minimum atomic E-state index is -2.69. The van der Waals surface area contributed by atoms with Crippen molar-refractivity contribution in [1.82, 2.24) is 0 Å². The molecule has 0 spiro atoms. The Morgan fingerprint density at radius 2 is 1.12 bits per heavy atom. The molecule has 0 aliphatic heterocycles. The number of hydrogen-bond donors (Lipinski definition) is 0. The molecule has 4 rings (SSSR count). The monoisotopic (exact) mass is 686 g/mol. The van der Waals surface area contributed by atoms with Crippen molar-refractivity contribution in [2.24, 2.45) is 10.2 Å². The number of nitrogens with zero attached hydrogens (tertiary/aromatic N) is 4. The number of halogens is 6. The third-order valence-corrected chi connectivity index (χ3v) is 12.0. The molecule has 0 amide bonds. The van der Waals surface area contributed by atoms with Crippen LogP contribution in [-0.4, -0.2) is 26.1 Å². The molecular weight excluding hydrogens is 658 g/mol. The van der Waals surface area contributed by atoms with Gasteiger partial charge in [0.25, 0.3) is 5.69 Å². The van der Waals surface area contributed by atoms with E-state index in [4.69, 9.17) is 0 Å². The van der Waals surface area contributed by atoms with Crippen LogP contribution in [0.5, 0.6) is 11.5 Å². The number of non-ortho nitro benzene ring substituents is 1. The van der Waals surface area contributed by atoms with Crippen molar-refractivity contribution in [1.29, 1.82) is 0 Å². The van der Waals surface area contributed by atoms with Crippen molar-refractivity contribution in [2.75, 3.05) is 18.0 Å². The predicted molar refractivity (Wildman–Crippen MR) is 172 cm³/mol. The van der Waals surface area contributed by atoms with Crippen LogP contribution in [0, 0.1) is 10.1 Å². The number of benzene rings is 4. The van der Waals surface area contributed by atoms with Gasteiger partial charge in [-0.15, -0.1) is 0 Å². The van der Waals surface area contributed by atoms with Gasteiger partial charge in [0.15, 0.2) is 0 Å². The highest BCUT2D eigenvalue weighted by Gasteiger charge is 2.32. The maximum absolute atomic E-state index is 13.4. The number of anilines is 1. The Bertz CT molecular complexity index is 1730. The van der Waals surface area contributed by atoms with Crippen LogP contribution in [0.1, 0.15) is 6.92 Å². The lowest BCUT2D eigenvalue weighted by Crippen LogP contribution is -2.57. The highest BCUT2D eigenvalue weighted by molar-refractivity contribution is 7.01. The van der Waals surface area contributed by atoms with Crippen molar-refractivity contribution in [3.8, 4) is 11.5 Å². The summed E-state index contributed by atoms with van der Waals surface area (Å²) in [5.41, 5.74) is 1.86. The number of rotatable bonds is 14. The van der Waals surface area contributed by atoms with E-state index in [1.807, 2.05) is 19.1 Å². The quantitative estimate of drug-likeness (QED) is 0.0329. The van der Waals surface area contributed by atoms with Gasteiger partial charge >= 0.3 is 24.2 Å². The van der Waals surface area contributed by atoms with E-state index in [1.54, 1.807) is 36.4 Å². The van der Waals surface area contributed by atoms with Gasteiger partial charge in [-0.2, -0.15) is 36.6 Å². The van der Waals surface area contributed by atoms with E-state index in [0.717, 1.165) is 16.1 Å². The third kappa shape index (κ3) is 9.09. The lowest BCUT2D eigenvalue weighted by Gasteiger charge is -2.33. The average molecular weight is 687 g/mol. The predicted octanol–water partition coefficient (Wildman–Crippen LogP) is 9.56. The minimum Gasteiger partial charge on any atom is -0.428 e. The SMILES string of the molecule is CCN(CC[Si](C)(c1ccc(OC(F)=C(F)F)cc1)c1ccc(OC(F)=C(F)F)cc1)c1ccc(N=Nc2ccc([N+](=O)[O-])cc2)cc1. The summed E-state index contributed by atoms with van der Waals surface area (Å²) in [5.74, 6) is -0.249. The van der Waals surface area contributed by atoms with Crippen LogP contribution >= 0.6 is 0 Å². The maximum Gasteiger partial charge on any atom is 0.344 e. The molecule has 0 heterocycles. The van der Waals surface area contributed by atoms with Crippen LogP contribution in [0.2, 0.25) is 12.6 Å². The van der Waals surface area contributed by atoms with E-state index in [9.17, 15) is 36.5 Å². The van der Waals surface area contributed by atoms with Gasteiger partial charge in [0, 0.05) is 30.9 Å². The normalized spacial score (nSPS) is 11.2. The molecular formula is C33H28F6N4O4Si. The second-order valence-corrected chi connectivity index (χ2v) is 14.8. The summed E-state index contributed by atoms with van der Waals surface area (Å²) in [4.78, 5) is 12.5.